The number of fused-ring (bicyclic) bond motifs is 3. The third-order valence-corrected chi connectivity index (χ3v) is 5.89. The van der Waals surface area contributed by atoms with Crippen molar-refractivity contribution in [3.63, 3.8) is 0 Å². The highest BCUT2D eigenvalue weighted by Gasteiger charge is 2.17. The maximum Gasteiger partial charge on any atom is 0.0361 e. The lowest BCUT2D eigenvalue weighted by Crippen LogP contribution is -1.95. The Kier molecular flexibility index (Phi) is 4.29. The molecule has 120 valence electrons. The maximum atomic E-state index is 4.03. The molecular formula is C23H22S. The second-order valence-electron chi connectivity index (χ2n) is 5.93. The summed E-state index contributed by atoms with van der Waals surface area (Å²) in [5.74, 6) is 0. The van der Waals surface area contributed by atoms with Gasteiger partial charge in [-0.25, -0.2) is 0 Å². The van der Waals surface area contributed by atoms with Gasteiger partial charge in [-0.3, -0.25) is 0 Å². The fraction of sp³-hybridized carbons (Fsp3) is 0.130. The number of allylic oxidation sites excluding steroid dienone is 1. The number of aryl methyl sites for hydroxylation is 2. The van der Waals surface area contributed by atoms with Crippen LogP contribution in [0.3, 0.4) is 0 Å². The van der Waals surface area contributed by atoms with E-state index in [0.29, 0.717) is 0 Å². The first-order chi connectivity index (χ1) is 11.6. The predicted molar refractivity (Wildman–Crippen MR) is 114 cm³/mol. The monoisotopic (exact) mass is 330 g/mol. The highest BCUT2D eigenvalue weighted by Crippen LogP contribution is 2.42. The van der Waals surface area contributed by atoms with E-state index in [2.05, 4.69) is 64.8 Å². The molecule has 0 aliphatic carbocycles. The minimum Gasteiger partial charge on any atom is -0.135 e. The Balaban J connectivity index is 2.67. The zero-order chi connectivity index (χ0) is 17.4. The van der Waals surface area contributed by atoms with Crippen LogP contribution in [-0.4, -0.2) is 0 Å². The van der Waals surface area contributed by atoms with Gasteiger partial charge in [-0.1, -0.05) is 56.2 Å². The molecule has 0 fully saturated rings. The molecule has 2 aromatic carbocycles. The summed E-state index contributed by atoms with van der Waals surface area (Å²) >= 11 is 1.80. The molecule has 3 aromatic rings. The average Bonchev–Trinajstić information content (AvgIpc) is 2.95. The van der Waals surface area contributed by atoms with Crippen molar-refractivity contribution in [2.75, 3.05) is 0 Å². The summed E-state index contributed by atoms with van der Waals surface area (Å²) in [6, 6.07) is 4.47. The Labute approximate surface area is 148 Å². The van der Waals surface area contributed by atoms with Crippen LogP contribution >= 0.6 is 11.3 Å². The van der Waals surface area contributed by atoms with Gasteiger partial charge in [0.1, 0.15) is 0 Å². The lowest BCUT2D eigenvalue weighted by Gasteiger charge is -2.16. The van der Waals surface area contributed by atoms with E-state index in [4.69, 9.17) is 0 Å². The van der Waals surface area contributed by atoms with Crippen molar-refractivity contribution in [2.45, 2.75) is 20.8 Å². The molecular weight excluding hydrogens is 308 g/mol. The zero-order valence-electron chi connectivity index (χ0n) is 14.6. The van der Waals surface area contributed by atoms with Crippen LogP contribution in [0.25, 0.3) is 45.2 Å². The van der Waals surface area contributed by atoms with Crippen LogP contribution in [0.1, 0.15) is 39.6 Å². The smallest absolute Gasteiger partial charge is 0.0361 e. The van der Waals surface area contributed by atoms with Crippen molar-refractivity contribution in [3.8, 4) is 0 Å². The number of rotatable bonds is 4. The Bertz CT molecular complexity index is 1030. The molecule has 0 unspecified atom stereocenters. The second kappa shape index (κ2) is 6.26. The minimum atomic E-state index is 1.18. The highest BCUT2D eigenvalue weighted by atomic mass is 32.1. The highest BCUT2D eigenvalue weighted by molar-refractivity contribution is 7.20. The summed E-state index contributed by atoms with van der Waals surface area (Å²) in [4.78, 5) is 1.22. The van der Waals surface area contributed by atoms with Crippen molar-refractivity contribution >= 4 is 56.5 Å². The van der Waals surface area contributed by atoms with Gasteiger partial charge in [0, 0.05) is 20.5 Å². The number of thiophene rings is 1. The van der Waals surface area contributed by atoms with E-state index in [9.17, 15) is 0 Å². The number of hydrogen-bond donors (Lipinski definition) is 0. The lowest BCUT2D eigenvalue weighted by atomic mass is 9.88. The van der Waals surface area contributed by atoms with E-state index in [0.717, 1.165) is 0 Å². The molecule has 0 bridgehead atoms. The van der Waals surface area contributed by atoms with Gasteiger partial charge in [-0.05, 0) is 59.9 Å². The molecule has 1 heterocycles. The normalized spacial score (nSPS) is 11.5. The first kappa shape index (κ1) is 16.5. The number of benzene rings is 2. The minimum absolute atomic E-state index is 1.18. The summed E-state index contributed by atoms with van der Waals surface area (Å²) in [6.07, 6.45) is 10.1. The van der Waals surface area contributed by atoms with Gasteiger partial charge in [0.05, 0.1) is 0 Å². The van der Waals surface area contributed by atoms with Gasteiger partial charge in [0.2, 0.25) is 0 Å². The molecule has 0 amide bonds. The largest absolute Gasteiger partial charge is 0.135 e. The standard InChI is InChI=1S/C23H22S/c1-7-11-19-20(10-4)24-21-13-12-18-14(5)16(8-2)17(9-3)15(6)22(18)23(19)21/h7-13H,2-4H2,1,5-6H3/b11-7-. The van der Waals surface area contributed by atoms with Gasteiger partial charge in [-0.2, -0.15) is 0 Å². The van der Waals surface area contributed by atoms with Gasteiger partial charge >= 0.3 is 0 Å². The summed E-state index contributed by atoms with van der Waals surface area (Å²) < 4.78 is 1.30. The van der Waals surface area contributed by atoms with Gasteiger partial charge in [-0.15, -0.1) is 11.3 Å². The van der Waals surface area contributed by atoms with E-state index in [-0.39, 0.29) is 0 Å². The summed E-state index contributed by atoms with van der Waals surface area (Å²) in [7, 11) is 0. The van der Waals surface area contributed by atoms with E-state index < -0.39 is 0 Å². The molecule has 24 heavy (non-hydrogen) atoms. The van der Waals surface area contributed by atoms with Crippen LogP contribution in [0.5, 0.6) is 0 Å². The maximum absolute atomic E-state index is 4.03. The Hall–Kier alpha value is -2.38. The predicted octanol–water partition coefficient (Wildman–Crippen LogP) is 7.63. The van der Waals surface area contributed by atoms with Crippen molar-refractivity contribution < 1.29 is 0 Å². The molecule has 0 atom stereocenters. The fourth-order valence-electron chi connectivity index (χ4n) is 3.63. The van der Waals surface area contributed by atoms with Crippen LogP contribution in [0.2, 0.25) is 0 Å². The topological polar surface area (TPSA) is 0 Å². The Morgan fingerprint density at radius 2 is 1.50 bits per heavy atom. The molecule has 0 aliphatic heterocycles. The van der Waals surface area contributed by atoms with Crippen LogP contribution in [0.4, 0.5) is 0 Å². The Morgan fingerprint density at radius 3 is 2.08 bits per heavy atom. The van der Waals surface area contributed by atoms with Crippen LogP contribution in [-0.2, 0) is 0 Å². The molecule has 1 aromatic heterocycles. The quantitative estimate of drug-likeness (QED) is 0.461. The van der Waals surface area contributed by atoms with Gasteiger partial charge < -0.3 is 0 Å². The first-order valence-electron chi connectivity index (χ1n) is 8.11. The van der Waals surface area contributed by atoms with Crippen molar-refractivity contribution in [3.05, 3.63) is 70.6 Å². The summed E-state index contributed by atoms with van der Waals surface area (Å²) in [6.45, 7) is 18.5. The first-order valence-corrected chi connectivity index (χ1v) is 8.93. The summed E-state index contributed by atoms with van der Waals surface area (Å²) in [5.41, 5.74) is 6.16. The summed E-state index contributed by atoms with van der Waals surface area (Å²) in [5, 5.41) is 3.94. The van der Waals surface area contributed by atoms with E-state index >= 15 is 0 Å². The molecule has 0 saturated carbocycles. The lowest BCUT2D eigenvalue weighted by molar-refractivity contribution is 1.42. The van der Waals surface area contributed by atoms with E-state index in [1.54, 1.807) is 11.3 Å². The van der Waals surface area contributed by atoms with Gasteiger partial charge in [0.25, 0.3) is 0 Å². The van der Waals surface area contributed by atoms with Crippen LogP contribution in [0.15, 0.2) is 37.9 Å². The third kappa shape index (κ3) is 2.20. The second-order valence-corrected chi connectivity index (χ2v) is 7.01. The van der Waals surface area contributed by atoms with Gasteiger partial charge in [0.15, 0.2) is 0 Å². The Morgan fingerprint density at radius 1 is 0.833 bits per heavy atom. The van der Waals surface area contributed by atoms with Crippen molar-refractivity contribution in [2.24, 2.45) is 0 Å². The zero-order valence-corrected chi connectivity index (χ0v) is 15.4. The molecule has 0 spiro atoms. The molecule has 1 heteroatoms. The van der Waals surface area contributed by atoms with Crippen molar-refractivity contribution in [1.29, 1.82) is 0 Å². The van der Waals surface area contributed by atoms with Crippen LogP contribution in [0, 0.1) is 13.8 Å². The molecule has 3 rings (SSSR count). The average molecular weight is 330 g/mol. The van der Waals surface area contributed by atoms with Crippen LogP contribution < -0.4 is 0 Å². The molecule has 0 aliphatic rings. The molecule has 0 radical (unpaired) electrons. The number of hydrogen-bond acceptors (Lipinski definition) is 1. The van der Waals surface area contributed by atoms with E-state index in [1.807, 2.05) is 18.2 Å². The SMILES string of the molecule is C=Cc1sc2ccc3c(C)c(C=C)c(C=C)c(C)c3c2c1/C=C\C. The third-order valence-electron chi connectivity index (χ3n) is 4.73. The van der Waals surface area contributed by atoms with Crippen molar-refractivity contribution in [1.82, 2.24) is 0 Å². The fourth-order valence-corrected chi connectivity index (χ4v) is 4.68. The van der Waals surface area contributed by atoms with E-state index in [1.165, 1.54) is 53.6 Å². The molecule has 0 saturated heterocycles. The molecule has 0 N–H and O–H groups in total. The molecule has 0 nitrogen and oxygen atoms in total.